The molecule has 2 aromatic heterocycles. The van der Waals surface area contributed by atoms with Crippen LogP contribution in [-0.2, 0) is 13.1 Å². The summed E-state index contributed by atoms with van der Waals surface area (Å²) in [6.07, 6.45) is 5.85. The van der Waals surface area contributed by atoms with Gasteiger partial charge in [0, 0.05) is 37.9 Å². The van der Waals surface area contributed by atoms with Crippen LogP contribution < -0.4 is 10.5 Å². The first-order chi connectivity index (χ1) is 14.2. The number of aliphatic hydroxyl groups is 1. The second-order valence-corrected chi connectivity index (χ2v) is 7.82. The van der Waals surface area contributed by atoms with E-state index in [4.69, 9.17) is 5.11 Å². The van der Waals surface area contributed by atoms with Crippen LogP contribution in [0.3, 0.4) is 0 Å². The van der Waals surface area contributed by atoms with E-state index >= 15 is 0 Å². The van der Waals surface area contributed by atoms with E-state index in [1.165, 1.54) is 23.7 Å². The third-order valence-electron chi connectivity index (χ3n) is 5.84. The lowest BCUT2D eigenvalue weighted by molar-refractivity contribution is 0.240. The van der Waals surface area contributed by atoms with Crippen molar-refractivity contribution in [2.75, 3.05) is 37.7 Å². The first kappa shape index (κ1) is 18.3. The number of benzene rings is 1. The van der Waals surface area contributed by atoms with Crippen molar-refractivity contribution in [2.24, 2.45) is 0 Å². The van der Waals surface area contributed by atoms with Crippen molar-refractivity contribution in [3.8, 4) is 0 Å². The molecule has 1 aliphatic carbocycles. The van der Waals surface area contributed by atoms with Crippen LogP contribution in [0.4, 0.5) is 5.69 Å². The fourth-order valence-corrected chi connectivity index (χ4v) is 4.01. The fraction of sp³-hybridized carbons (Fsp3) is 0.500. The number of nitrogens with zero attached hydrogens (tertiary/aromatic N) is 7. The van der Waals surface area contributed by atoms with Gasteiger partial charge in [0.05, 0.1) is 36.9 Å². The van der Waals surface area contributed by atoms with Crippen LogP contribution in [0, 0.1) is 0 Å². The second-order valence-electron chi connectivity index (χ2n) is 7.82. The Hall–Kier alpha value is -2.78. The zero-order chi connectivity index (χ0) is 19.8. The van der Waals surface area contributed by atoms with E-state index in [1.54, 1.807) is 0 Å². The maximum atomic E-state index is 12.5. The largest absolute Gasteiger partial charge is 0.395 e. The van der Waals surface area contributed by atoms with Crippen molar-refractivity contribution in [1.82, 2.24) is 29.2 Å². The summed E-state index contributed by atoms with van der Waals surface area (Å²) in [5.74, 6) is 1.06. The van der Waals surface area contributed by atoms with Gasteiger partial charge in [0.1, 0.15) is 12.2 Å². The van der Waals surface area contributed by atoms with Crippen LogP contribution in [-0.4, -0.2) is 67.1 Å². The predicted octanol–water partition coefficient (Wildman–Crippen LogP) is 0.637. The molecule has 5 rings (SSSR count). The summed E-state index contributed by atoms with van der Waals surface area (Å²) in [7, 11) is 0. The number of anilines is 1. The minimum absolute atomic E-state index is 0.0770. The molecule has 2 fully saturated rings. The van der Waals surface area contributed by atoms with Gasteiger partial charge in [0.25, 0.3) is 5.56 Å². The number of piperazine rings is 1. The Kier molecular flexibility index (Phi) is 4.76. The van der Waals surface area contributed by atoms with Gasteiger partial charge in [-0.25, -0.2) is 4.98 Å². The first-order valence-electron chi connectivity index (χ1n) is 10.2. The molecule has 1 aromatic carbocycles. The number of aliphatic hydroxyl groups excluding tert-OH is 1. The van der Waals surface area contributed by atoms with Crippen molar-refractivity contribution in [2.45, 2.75) is 32.0 Å². The smallest absolute Gasteiger partial charge is 0.261 e. The molecular formula is C20H25N7O2. The maximum absolute atomic E-state index is 12.5. The zero-order valence-electron chi connectivity index (χ0n) is 16.3. The highest BCUT2D eigenvalue weighted by atomic mass is 16.3. The molecule has 1 aliphatic heterocycles. The average molecular weight is 395 g/mol. The summed E-state index contributed by atoms with van der Waals surface area (Å²) in [4.78, 5) is 21.6. The number of hydrogen-bond acceptors (Lipinski definition) is 7. The molecule has 29 heavy (non-hydrogen) atoms. The molecule has 1 N–H and O–H groups in total. The molecule has 0 spiro atoms. The van der Waals surface area contributed by atoms with Gasteiger partial charge in [0.15, 0.2) is 0 Å². The van der Waals surface area contributed by atoms with Gasteiger partial charge in [-0.05, 0) is 31.0 Å². The molecular weight excluding hydrogens is 370 g/mol. The molecule has 0 bridgehead atoms. The molecule has 0 unspecified atom stereocenters. The zero-order valence-corrected chi connectivity index (χ0v) is 16.3. The van der Waals surface area contributed by atoms with Gasteiger partial charge >= 0.3 is 0 Å². The molecule has 152 valence electrons. The quantitative estimate of drug-likeness (QED) is 0.655. The molecule has 9 heteroatoms. The molecule has 0 amide bonds. The Morgan fingerprint density at radius 2 is 1.93 bits per heavy atom. The minimum Gasteiger partial charge on any atom is -0.395 e. The molecule has 1 saturated carbocycles. The van der Waals surface area contributed by atoms with E-state index in [0.717, 1.165) is 44.2 Å². The number of fused-ring (bicyclic) bond motifs is 1. The highest BCUT2D eigenvalue weighted by molar-refractivity contribution is 5.81. The third kappa shape index (κ3) is 3.63. The fourth-order valence-electron chi connectivity index (χ4n) is 4.01. The lowest BCUT2D eigenvalue weighted by Gasteiger charge is -2.36. The molecule has 0 atom stereocenters. The molecule has 3 heterocycles. The minimum atomic E-state index is -0.111. The molecule has 1 saturated heterocycles. The third-order valence-corrected chi connectivity index (χ3v) is 5.84. The van der Waals surface area contributed by atoms with Gasteiger partial charge in [-0.1, -0.05) is 0 Å². The Bertz CT molecular complexity index is 1060. The van der Waals surface area contributed by atoms with Crippen LogP contribution in [0.25, 0.3) is 10.9 Å². The van der Waals surface area contributed by atoms with Gasteiger partial charge in [-0.2, -0.15) is 0 Å². The van der Waals surface area contributed by atoms with Gasteiger partial charge in [-0.3, -0.25) is 14.3 Å². The van der Waals surface area contributed by atoms with Crippen molar-refractivity contribution >= 4 is 16.6 Å². The first-order valence-corrected chi connectivity index (χ1v) is 10.2. The van der Waals surface area contributed by atoms with Crippen molar-refractivity contribution in [3.05, 3.63) is 47.0 Å². The van der Waals surface area contributed by atoms with Crippen LogP contribution in [0.1, 0.15) is 24.7 Å². The predicted molar refractivity (Wildman–Crippen MR) is 109 cm³/mol. The number of aromatic nitrogens is 5. The molecule has 9 nitrogen and oxygen atoms in total. The highest BCUT2D eigenvalue weighted by Crippen LogP contribution is 2.35. The topological polar surface area (TPSA) is 92.3 Å². The van der Waals surface area contributed by atoms with E-state index in [0.29, 0.717) is 16.9 Å². The van der Waals surface area contributed by atoms with Crippen LogP contribution in [0.5, 0.6) is 0 Å². The second kappa shape index (κ2) is 7.57. The Morgan fingerprint density at radius 1 is 1.10 bits per heavy atom. The Labute approximate surface area is 168 Å². The maximum Gasteiger partial charge on any atom is 0.261 e. The normalized spacial score (nSPS) is 17.9. The summed E-state index contributed by atoms with van der Waals surface area (Å²) in [5, 5.41) is 18.1. The molecule has 3 aromatic rings. The molecule has 2 aliphatic rings. The summed E-state index contributed by atoms with van der Waals surface area (Å²) in [6, 6.07) is 6.43. The monoisotopic (exact) mass is 395 g/mol. The Morgan fingerprint density at radius 3 is 2.69 bits per heavy atom. The lowest BCUT2D eigenvalue weighted by Crippen LogP contribution is -2.46. The van der Waals surface area contributed by atoms with Gasteiger partial charge in [0.2, 0.25) is 0 Å². The number of hydrogen-bond donors (Lipinski definition) is 1. The van der Waals surface area contributed by atoms with Crippen molar-refractivity contribution < 1.29 is 5.11 Å². The van der Waals surface area contributed by atoms with Crippen molar-refractivity contribution in [1.29, 1.82) is 0 Å². The summed E-state index contributed by atoms with van der Waals surface area (Å²) in [5.41, 5.74) is 1.67. The van der Waals surface area contributed by atoms with Gasteiger partial charge < -0.3 is 14.6 Å². The standard InChI is InChI=1S/C20H25N7O2/c28-10-9-26-13-21-18-11-16(3-4-17(18)20(26)29)25-7-5-24(6-8-25)12-19-23-22-14-27(19)15-1-2-15/h3-4,11,13-15,28H,1-2,5-10,12H2. The summed E-state index contributed by atoms with van der Waals surface area (Å²) >= 11 is 0. The lowest BCUT2D eigenvalue weighted by atomic mass is 10.2. The number of rotatable bonds is 6. The van der Waals surface area contributed by atoms with Crippen molar-refractivity contribution in [3.63, 3.8) is 0 Å². The average Bonchev–Trinajstić information content (AvgIpc) is 3.49. The van der Waals surface area contributed by atoms with Crippen LogP contribution >= 0.6 is 0 Å². The van der Waals surface area contributed by atoms with Crippen LogP contribution in [0.15, 0.2) is 35.6 Å². The van der Waals surface area contributed by atoms with Crippen LogP contribution in [0.2, 0.25) is 0 Å². The van der Waals surface area contributed by atoms with E-state index in [1.807, 2.05) is 24.5 Å². The highest BCUT2D eigenvalue weighted by Gasteiger charge is 2.27. The van der Waals surface area contributed by atoms with Gasteiger partial charge in [-0.15, -0.1) is 10.2 Å². The van der Waals surface area contributed by atoms with E-state index in [9.17, 15) is 4.79 Å². The van der Waals surface area contributed by atoms with E-state index in [2.05, 4.69) is 29.5 Å². The summed E-state index contributed by atoms with van der Waals surface area (Å²) in [6.45, 7) is 4.79. The SMILES string of the molecule is O=c1c2ccc(N3CCN(Cc4nncn4C4CC4)CC3)cc2ncn1CCO. The molecule has 0 radical (unpaired) electrons. The Balaban J connectivity index is 1.26. The summed E-state index contributed by atoms with van der Waals surface area (Å²) < 4.78 is 3.67. The van der Waals surface area contributed by atoms with E-state index in [-0.39, 0.29) is 18.7 Å². The van der Waals surface area contributed by atoms with E-state index < -0.39 is 0 Å².